The molecule has 0 fully saturated rings. The van der Waals surface area contributed by atoms with Crippen molar-refractivity contribution in [2.75, 3.05) is 10.8 Å². The predicted octanol–water partition coefficient (Wildman–Crippen LogP) is 4.12. The van der Waals surface area contributed by atoms with Crippen molar-refractivity contribution in [1.29, 1.82) is 0 Å². The van der Waals surface area contributed by atoms with Gasteiger partial charge in [0.05, 0.1) is 16.8 Å². The molecule has 0 radical (unpaired) electrons. The summed E-state index contributed by atoms with van der Waals surface area (Å²) in [5.74, 6) is 0. The van der Waals surface area contributed by atoms with Gasteiger partial charge in [0, 0.05) is 18.7 Å². The van der Waals surface area contributed by atoms with E-state index < -0.39 is 10.0 Å². The van der Waals surface area contributed by atoms with E-state index in [-0.39, 0.29) is 0 Å². The van der Waals surface area contributed by atoms with Crippen LogP contribution in [0.1, 0.15) is 28.8 Å². The monoisotopic (exact) mass is 378 g/mol. The van der Waals surface area contributed by atoms with Crippen LogP contribution in [0.5, 0.6) is 0 Å². The molecule has 4 rings (SSSR count). The number of anilines is 1. The van der Waals surface area contributed by atoms with Gasteiger partial charge in [-0.25, -0.2) is 8.42 Å². The molecule has 2 aromatic carbocycles. The molecule has 0 spiro atoms. The Morgan fingerprint density at radius 1 is 1.04 bits per heavy atom. The standard InChI is InChI=1S/C22H22N2O2S/c1-17-9-11-21(12-10-17)27(25,26)24-13-5-8-19-15-20(23-16-22(19)24)14-18-6-3-2-4-7-18/h2-4,6-7,9-12,15-16H,5,8,13-14H2,1H3. The minimum Gasteiger partial charge on any atom is -0.264 e. The van der Waals surface area contributed by atoms with Crippen LogP contribution in [0.3, 0.4) is 0 Å². The maximum atomic E-state index is 13.1. The third-order valence-electron chi connectivity index (χ3n) is 4.94. The van der Waals surface area contributed by atoms with Crippen LogP contribution in [0.4, 0.5) is 5.69 Å². The van der Waals surface area contributed by atoms with Crippen LogP contribution in [0.15, 0.2) is 71.8 Å². The number of hydrogen-bond acceptors (Lipinski definition) is 3. The van der Waals surface area contributed by atoms with Crippen LogP contribution in [-0.2, 0) is 22.9 Å². The van der Waals surface area contributed by atoms with E-state index in [0.717, 1.165) is 36.1 Å². The van der Waals surface area contributed by atoms with Crippen LogP contribution < -0.4 is 4.31 Å². The average Bonchev–Trinajstić information content (AvgIpc) is 2.68. The van der Waals surface area contributed by atoms with Gasteiger partial charge in [-0.1, -0.05) is 48.0 Å². The van der Waals surface area contributed by atoms with Crippen LogP contribution >= 0.6 is 0 Å². The van der Waals surface area contributed by atoms with Gasteiger partial charge < -0.3 is 0 Å². The van der Waals surface area contributed by atoms with Crippen LogP contribution in [0.2, 0.25) is 0 Å². The molecule has 0 amide bonds. The summed E-state index contributed by atoms with van der Waals surface area (Å²) in [5, 5.41) is 0. The quantitative estimate of drug-likeness (QED) is 0.686. The van der Waals surface area contributed by atoms with Crippen LogP contribution in [0, 0.1) is 6.92 Å². The summed E-state index contributed by atoms with van der Waals surface area (Å²) in [6.07, 6.45) is 4.16. The first kappa shape index (κ1) is 17.7. The van der Waals surface area contributed by atoms with Crippen molar-refractivity contribution >= 4 is 15.7 Å². The van der Waals surface area contributed by atoms with Gasteiger partial charge in [-0.05, 0) is 49.1 Å². The number of nitrogens with zero attached hydrogens (tertiary/aromatic N) is 2. The largest absolute Gasteiger partial charge is 0.264 e. The maximum Gasteiger partial charge on any atom is 0.264 e. The van der Waals surface area contributed by atoms with E-state index in [1.807, 2.05) is 37.3 Å². The molecule has 0 aliphatic carbocycles. The van der Waals surface area contributed by atoms with Crippen molar-refractivity contribution in [3.05, 3.63) is 89.2 Å². The Hall–Kier alpha value is -2.66. The predicted molar refractivity (Wildman–Crippen MR) is 108 cm³/mol. The molecule has 0 bridgehead atoms. The second-order valence-electron chi connectivity index (χ2n) is 6.96. The Bertz CT molecular complexity index is 1050. The number of rotatable bonds is 4. The lowest BCUT2D eigenvalue weighted by molar-refractivity contribution is 0.586. The van der Waals surface area contributed by atoms with E-state index in [2.05, 4.69) is 23.2 Å². The zero-order valence-corrected chi connectivity index (χ0v) is 16.1. The molecule has 0 saturated carbocycles. The zero-order chi connectivity index (χ0) is 18.9. The highest BCUT2D eigenvalue weighted by molar-refractivity contribution is 7.92. The molecule has 0 unspecified atom stereocenters. The third-order valence-corrected chi connectivity index (χ3v) is 6.76. The molecule has 2 heterocycles. The van der Waals surface area contributed by atoms with Crippen molar-refractivity contribution in [3.63, 3.8) is 0 Å². The summed E-state index contributed by atoms with van der Waals surface area (Å²) in [5.41, 5.74) is 4.97. The number of aromatic nitrogens is 1. The molecule has 5 heteroatoms. The van der Waals surface area contributed by atoms with Gasteiger partial charge in [-0.2, -0.15) is 0 Å². The highest BCUT2D eigenvalue weighted by Gasteiger charge is 2.29. The Morgan fingerprint density at radius 2 is 1.78 bits per heavy atom. The van der Waals surface area contributed by atoms with Gasteiger partial charge >= 0.3 is 0 Å². The third kappa shape index (κ3) is 3.60. The molecule has 1 aliphatic heterocycles. The fraction of sp³-hybridized carbons (Fsp3) is 0.227. The molecule has 27 heavy (non-hydrogen) atoms. The van der Waals surface area contributed by atoms with Crippen LogP contribution in [-0.4, -0.2) is 19.9 Å². The topological polar surface area (TPSA) is 50.3 Å². The second kappa shape index (κ2) is 7.16. The molecule has 0 atom stereocenters. The number of hydrogen-bond donors (Lipinski definition) is 0. The molecule has 4 nitrogen and oxygen atoms in total. The first-order valence-corrected chi connectivity index (χ1v) is 10.6. The minimum absolute atomic E-state index is 0.328. The molecular weight excluding hydrogens is 356 g/mol. The SMILES string of the molecule is Cc1ccc(S(=O)(=O)N2CCCc3cc(Cc4ccccc4)ncc32)cc1. The molecular formula is C22H22N2O2S. The number of benzene rings is 2. The number of sulfonamides is 1. The van der Waals surface area contributed by atoms with E-state index in [0.29, 0.717) is 17.1 Å². The van der Waals surface area contributed by atoms with E-state index in [9.17, 15) is 8.42 Å². The Balaban J connectivity index is 1.66. The van der Waals surface area contributed by atoms with Gasteiger partial charge in [0.1, 0.15) is 0 Å². The molecule has 1 aliphatic rings. The van der Waals surface area contributed by atoms with E-state index in [1.54, 1.807) is 18.3 Å². The summed E-state index contributed by atoms with van der Waals surface area (Å²) in [4.78, 5) is 4.88. The van der Waals surface area contributed by atoms with Gasteiger partial charge in [0.2, 0.25) is 0 Å². The van der Waals surface area contributed by atoms with Gasteiger partial charge in [-0.15, -0.1) is 0 Å². The molecule has 0 saturated heterocycles. The van der Waals surface area contributed by atoms with Crippen LogP contribution in [0.25, 0.3) is 0 Å². The van der Waals surface area contributed by atoms with Crippen molar-refractivity contribution in [1.82, 2.24) is 4.98 Å². The molecule has 1 aromatic heterocycles. The van der Waals surface area contributed by atoms with E-state index in [4.69, 9.17) is 0 Å². The summed E-state index contributed by atoms with van der Waals surface area (Å²) in [7, 11) is -3.57. The Labute approximate surface area is 160 Å². The lowest BCUT2D eigenvalue weighted by Gasteiger charge is -2.30. The summed E-state index contributed by atoms with van der Waals surface area (Å²) in [6, 6.07) is 19.3. The van der Waals surface area contributed by atoms with Crippen molar-refractivity contribution in [2.45, 2.75) is 31.1 Å². The highest BCUT2D eigenvalue weighted by atomic mass is 32.2. The maximum absolute atomic E-state index is 13.1. The fourth-order valence-corrected chi connectivity index (χ4v) is 5.01. The normalized spacial score (nSPS) is 14.0. The first-order chi connectivity index (χ1) is 13.0. The molecule has 3 aromatic rings. The van der Waals surface area contributed by atoms with E-state index in [1.165, 1.54) is 9.87 Å². The van der Waals surface area contributed by atoms with E-state index >= 15 is 0 Å². The number of pyridine rings is 1. The average molecular weight is 378 g/mol. The van der Waals surface area contributed by atoms with Gasteiger partial charge in [-0.3, -0.25) is 9.29 Å². The van der Waals surface area contributed by atoms with Crippen molar-refractivity contribution in [3.8, 4) is 0 Å². The van der Waals surface area contributed by atoms with Crippen molar-refractivity contribution in [2.24, 2.45) is 0 Å². The Morgan fingerprint density at radius 3 is 2.52 bits per heavy atom. The zero-order valence-electron chi connectivity index (χ0n) is 15.3. The number of fused-ring (bicyclic) bond motifs is 1. The summed E-state index contributed by atoms with van der Waals surface area (Å²) >= 11 is 0. The smallest absolute Gasteiger partial charge is 0.264 e. The fourth-order valence-electron chi connectivity index (χ4n) is 3.49. The first-order valence-electron chi connectivity index (χ1n) is 9.15. The summed E-state index contributed by atoms with van der Waals surface area (Å²) in [6.45, 7) is 2.44. The number of aryl methyl sites for hydroxylation is 2. The minimum atomic E-state index is -3.57. The Kier molecular flexibility index (Phi) is 4.70. The highest BCUT2D eigenvalue weighted by Crippen LogP contribution is 2.32. The lowest BCUT2D eigenvalue weighted by atomic mass is 10.0. The van der Waals surface area contributed by atoms with Gasteiger partial charge in [0.15, 0.2) is 0 Å². The lowest BCUT2D eigenvalue weighted by Crippen LogP contribution is -2.35. The second-order valence-corrected chi connectivity index (χ2v) is 8.82. The van der Waals surface area contributed by atoms with Gasteiger partial charge in [0.25, 0.3) is 10.0 Å². The molecule has 0 N–H and O–H groups in total. The van der Waals surface area contributed by atoms with Crippen molar-refractivity contribution < 1.29 is 8.42 Å². The summed E-state index contributed by atoms with van der Waals surface area (Å²) < 4.78 is 27.8. The molecule has 138 valence electrons.